The molecule has 0 unspecified atom stereocenters. The van der Waals surface area contributed by atoms with E-state index in [2.05, 4.69) is 25.1 Å². The van der Waals surface area contributed by atoms with Gasteiger partial charge in [0.15, 0.2) is 0 Å². The first kappa shape index (κ1) is 17.8. The van der Waals surface area contributed by atoms with Crippen LogP contribution in [0.25, 0.3) is 10.2 Å². The minimum Gasteiger partial charge on any atom is -0.356 e. The van der Waals surface area contributed by atoms with E-state index in [9.17, 15) is 9.59 Å². The van der Waals surface area contributed by atoms with Crippen molar-refractivity contribution in [3.05, 3.63) is 39.8 Å². The molecule has 9 heteroatoms. The maximum atomic E-state index is 12.3. The summed E-state index contributed by atoms with van der Waals surface area (Å²) in [5.41, 5.74) is -0.0970. The molecule has 3 aromatic rings. The summed E-state index contributed by atoms with van der Waals surface area (Å²) in [7, 11) is 0. The fraction of sp³-hybridized carbons (Fsp3) is 0.500. The van der Waals surface area contributed by atoms with E-state index in [1.807, 2.05) is 5.38 Å². The van der Waals surface area contributed by atoms with E-state index in [-0.39, 0.29) is 17.9 Å². The minimum absolute atomic E-state index is 0.0806. The van der Waals surface area contributed by atoms with Crippen molar-refractivity contribution in [2.75, 3.05) is 6.54 Å². The highest BCUT2D eigenvalue weighted by molar-refractivity contribution is 7.16. The molecular weight excluding hydrogens is 364 g/mol. The molecule has 142 valence electrons. The van der Waals surface area contributed by atoms with Gasteiger partial charge in [-0.2, -0.15) is 0 Å². The van der Waals surface area contributed by atoms with E-state index in [1.54, 1.807) is 6.07 Å². The van der Waals surface area contributed by atoms with Gasteiger partial charge < -0.3 is 9.88 Å². The van der Waals surface area contributed by atoms with E-state index in [0.29, 0.717) is 24.9 Å². The number of aryl methyl sites for hydroxylation is 2. The largest absolute Gasteiger partial charge is 0.356 e. The van der Waals surface area contributed by atoms with Crippen LogP contribution in [0.2, 0.25) is 0 Å². The van der Waals surface area contributed by atoms with Crippen LogP contribution in [0.4, 0.5) is 0 Å². The Kier molecular flexibility index (Phi) is 5.28. The zero-order chi connectivity index (χ0) is 18.6. The molecule has 0 bridgehead atoms. The van der Waals surface area contributed by atoms with Crippen LogP contribution in [0.3, 0.4) is 0 Å². The van der Waals surface area contributed by atoms with Gasteiger partial charge in [0.2, 0.25) is 5.91 Å². The first-order valence-corrected chi connectivity index (χ1v) is 10.2. The number of nitrogens with zero attached hydrogens (tertiary/aromatic N) is 5. The maximum Gasteiger partial charge on any atom is 0.262 e. The average Bonchev–Trinajstić information content (AvgIpc) is 3.23. The Hall–Kier alpha value is -2.55. The van der Waals surface area contributed by atoms with E-state index >= 15 is 0 Å². The van der Waals surface area contributed by atoms with Crippen molar-refractivity contribution in [2.24, 2.45) is 0 Å². The Bertz CT molecular complexity index is 1000. The second kappa shape index (κ2) is 7.99. The number of carbonyl (C=O) groups is 1. The lowest BCUT2D eigenvalue weighted by Crippen LogP contribution is -2.29. The summed E-state index contributed by atoms with van der Waals surface area (Å²) in [6.45, 7) is 1.81. The van der Waals surface area contributed by atoms with Gasteiger partial charge in [0.25, 0.3) is 5.56 Å². The van der Waals surface area contributed by atoms with Crippen LogP contribution in [0, 0.1) is 0 Å². The van der Waals surface area contributed by atoms with Crippen molar-refractivity contribution in [2.45, 2.75) is 51.6 Å². The third-order valence-electron chi connectivity index (χ3n) is 4.89. The summed E-state index contributed by atoms with van der Waals surface area (Å²) >= 11 is 1.44. The molecular formula is C18H22N6O2S. The molecule has 0 atom stereocenters. The van der Waals surface area contributed by atoms with Gasteiger partial charge in [-0.05, 0) is 24.3 Å². The fourth-order valence-corrected chi connectivity index (χ4v) is 4.13. The Morgan fingerprint density at radius 1 is 1.26 bits per heavy atom. The van der Waals surface area contributed by atoms with Crippen LogP contribution in [0.1, 0.15) is 37.3 Å². The molecule has 8 nitrogen and oxygen atoms in total. The molecule has 1 aliphatic heterocycles. The summed E-state index contributed by atoms with van der Waals surface area (Å²) in [5, 5.41) is 13.9. The van der Waals surface area contributed by atoms with Crippen molar-refractivity contribution in [1.29, 1.82) is 0 Å². The standard InChI is InChI=1S/C18H22N6O2S/c25-16(6-10-23-12-20-17-13(18(23)26)7-11-27-17)19-8-5-15-22-21-14-4-2-1-3-9-24(14)15/h7,11-12H,1-6,8-10H2,(H,19,25). The molecule has 0 fully saturated rings. The van der Waals surface area contributed by atoms with Gasteiger partial charge in [0, 0.05) is 38.9 Å². The fourth-order valence-electron chi connectivity index (χ4n) is 3.41. The normalized spacial score (nSPS) is 14.1. The van der Waals surface area contributed by atoms with Gasteiger partial charge in [-0.1, -0.05) is 6.42 Å². The highest BCUT2D eigenvalue weighted by atomic mass is 32.1. The van der Waals surface area contributed by atoms with Crippen molar-refractivity contribution >= 4 is 27.5 Å². The number of amides is 1. The summed E-state index contributed by atoms with van der Waals surface area (Å²) in [4.78, 5) is 29.4. The zero-order valence-corrected chi connectivity index (χ0v) is 15.9. The molecule has 1 amide bonds. The number of aromatic nitrogens is 5. The van der Waals surface area contributed by atoms with Gasteiger partial charge in [0.05, 0.1) is 11.7 Å². The SMILES string of the molecule is O=C(CCn1cnc2sccc2c1=O)NCCc1nnc2n1CCCCC2. The summed E-state index contributed by atoms with van der Waals surface area (Å²) in [6, 6.07) is 1.77. The summed E-state index contributed by atoms with van der Waals surface area (Å²) < 4.78 is 3.69. The maximum absolute atomic E-state index is 12.3. The Balaban J connectivity index is 1.28. The average molecular weight is 386 g/mol. The number of thiophene rings is 1. The molecule has 4 rings (SSSR count). The number of hydrogen-bond donors (Lipinski definition) is 1. The van der Waals surface area contributed by atoms with Crippen molar-refractivity contribution in [3.63, 3.8) is 0 Å². The first-order valence-electron chi connectivity index (χ1n) is 9.32. The van der Waals surface area contributed by atoms with Crippen molar-refractivity contribution in [3.8, 4) is 0 Å². The first-order chi connectivity index (χ1) is 13.2. The van der Waals surface area contributed by atoms with Gasteiger partial charge in [-0.15, -0.1) is 21.5 Å². The molecule has 4 heterocycles. The topological polar surface area (TPSA) is 94.7 Å². The molecule has 0 saturated heterocycles. The molecule has 27 heavy (non-hydrogen) atoms. The van der Waals surface area contributed by atoms with E-state index < -0.39 is 0 Å². The predicted octanol–water partition coefficient (Wildman–Crippen LogP) is 1.52. The number of carbonyl (C=O) groups excluding carboxylic acids is 1. The molecule has 0 saturated carbocycles. The van der Waals surface area contributed by atoms with Crippen LogP contribution < -0.4 is 10.9 Å². The molecule has 0 aliphatic carbocycles. The van der Waals surface area contributed by atoms with Crippen LogP contribution in [0.5, 0.6) is 0 Å². The predicted molar refractivity (Wildman–Crippen MR) is 103 cm³/mol. The molecule has 3 aromatic heterocycles. The molecule has 0 spiro atoms. The van der Waals surface area contributed by atoms with Crippen LogP contribution in [-0.4, -0.2) is 36.8 Å². The van der Waals surface area contributed by atoms with Crippen LogP contribution >= 0.6 is 11.3 Å². The lowest BCUT2D eigenvalue weighted by atomic mass is 10.2. The van der Waals surface area contributed by atoms with E-state index in [1.165, 1.54) is 35.1 Å². The van der Waals surface area contributed by atoms with Gasteiger partial charge in [-0.3, -0.25) is 14.2 Å². The second-order valence-corrected chi connectivity index (χ2v) is 7.62. The highest BCUT2D eigenvalue weighted by Crippen LogP contribution is 2.15. The summed E-state index contributed by atoms with van der Waals surface area (Å²) in [5.74, 6) is 1.92. The summed E-state index contributed by atoms with van der Waals surface area (Å²) in [6.07, 6.45) is 6.96. The van der Waals surface area contributed by atoms with Gasteiger partial charge in [-0.25, -0.2) is 4.98 Å². The number of rotatable bonds is 6. The van der Waals surface area contributed by atoms with Crippen LogP contribution in [0.15, 0.2) is 22.6 Å². The third-order valence-corrected chi connectivity index (χ3v) is 5.71. The zero-order valence-electron chi connectivity index (χ0n) is 15.1. The van der Waals surface area contributed by atoms with Crippen molar-refractivity contribution in [1.82, 2.24) is 29.6 Å². The second-order valence-electron chi connectivity index (χ2n) is 6.73. The van der Waals surface area contributed by atoms with Crippen LogP contribution in [-0.2, 0) is 30.7 Å². The van der Waals surface area contributed by atoms with Crippen molar-refractivity contribution < 1.29 is 4.79 Å². The number of hydrogen-bond acceptors (Lipinski definition) is 6. The lowest BCUT2D eigenvalue weighted by Gasteiger charge is -2.08. The Labute approximate surface area is 160 Å². The van der Waals surface area contributed by atoms with Gasteiger partial charge in [0.1, 0.15) is 16.5 Å². The Morgan fingerprint density at radius 3 is 3.11 bits per heavy atom. The number of nitrogens with one attached hydrogen (secondary N) is 1. The highest BCUT2D eigenvalue weighted by Gasteiger charge is 2.14. The quantitative estimate of drug-likeness (QED) is 0.693. The van der Waals surface area contributed by atoms with E-state index in [4.69, 9.17) is 0 Å². The third kappa shape index (κ3) is 3.92. The monoisotopic (exact) mass is 386 g/mol. The smallest absolute Gasteiger partial charge is 0.262 e. The molecule has 1 aliphatic rings. The Morgan fingerprint density at radius 2 is 2.19 bits per heavy atom. The molecule has 0 aromatic carbocycles. The lowest BCUT2D eigenvalue weighted by molar-refractivity contribution is -0.121. The number of fused-ring (bicyclic) bond motifs is 2. The minimum atomic E-state index is -0.0970. The van der Waals surface area contributed by atoms with E-state index in [0.717, 1.165) is 35.9 Å². The van der Waals surface area contributed by atoms with Gasteiger partial charge >= 0.3 is 0 Å². The molecule has 1 N–H and O–H groups in total. The molecule has 0 radical (unpaired) electrons.